The fraction of sp³-hybridized carbons (Fsp3) is 0.805. The van der Waals surface area contributed by atoms with Crippen LogP contribution in [-0.2, 0) is 32.7 Å². The van der Waals surface area contributed by atoms with Crippen LogP contribution in [-0.4, -0.2) is 49.3 Å². The molecule has 0 rings (SSSR count). The summed E-state index contributed by atoms with van der Waals surface area (Å²) in [5.74, 6) is -0.901. The molecule has 3 N–H and O–H groups in total. The highest BCUT2D eigenvalue weighted by molar-refractivity contribution is 7.47. The average molecular weight is 742 g/mol. The van der Waals surface area contributed by atoms with E-state index < -0.39 is 32.5 Å². The summed E-state index contributed by atoms with van der Waals surface area (Å²) in [5, 5.41) is 0. The van der Waals surface area contributed by atoms with Crippen LogP contribution in [0.25, 0.3) is 0 Å². The van der Waals surface area contributed by atoms with Crippen molar-refractivity contribution in [3.05, 3.63) is 36.5 Å². The molecule has 1 unspecified atom stereocenters. The Morgan fingerprint density at radius 1 is 0.588 bits per heavy atom. The molecule has 0 aromatic heterocycles. The smallest absolute Gasteiger partial charge is 0.462 e. The number of unbranched alkanes of at least 4 members (excludes halogenated alkanes) is 19. The van der Waals surface area contributed by atoms with E-state index in [1.54, 1.807) is 0 Å². The molecule has 10 heteroatoms. The third-order valence-corrected chi connectivity index (χ3v) is 9.50. The lowest BCUT2D eigenvalue weighted by Gasteiger charge is -2.19. The molecule has 0 saturated heterocycles. The largest absolute Gasteiger partial charge is 0.472 e. The van der Waals surface area contributed by atoms with Crippen LogP contribution in [0.1, 0.15) is 181 Å². The Labute approximate surface area is 312 Å². The van der Waals surface area contributed by atoms with Gasteiger partial charge in [0.25, 0.3) is 0 Å². The molecule has 0 aromatic carbocycles. The zero-order chi connectivity index (χ0) is 37.5. The maximum atomic E-state index is 12.5. The van der Waals surface area contributed by atoms with E-state index in [9.17, 15) is 19.0 Å². The minimum atomic E-state index is -4.38. The van der Waals surface area contributed by atoms with Gasteiger partial charge in [0.15, 0.2) is 6.10 Å². The molecular weight excluding hydrogens is 665 g/mol. The number of allylic oxidation sites excluding steroid dienone is 6. The molecule has 2 atom stereocenters. The second-order valence-corrected chi connectivity index (χ2v) is 14.9. The summed E-state index contributed by atoms with van der Waals surface area (Å²) < 4.78 is 32.6. The summed E-state index contributed by atoms with van der Waals surface area (Å²) in [7, 11) is -4.38. The highest BCUT2D eigenvalue weighted by Gasteiger charge is 2.25. The van der Waals surface area contributed by atoms with Crippen LogP contribution in [0.5, 0.6) is 0 Å². The third kappa shape index (κ3) is 37.8. The molecule has 0 amide bonds. The van der Waals surface area contributed by atoms with Crippen LogP contribution in [0.4, 0.5) is 0 Å². The lowest BCUT2D eigenvalue weighted by Crippen LogP contribution is -2.29. The maximum absolute atomic E-state index is 12.5. The second kappa shape index (κ2) is 38.0. The SMILES string of the molecule is CCCCC/C=C/C/C=C/CCCCCCCC(=O)OC[C@H](COP(=O)(O)OCCN)OC(=O)CC/C=C/CCCCCCCCCCCCC. The van der Waals surface area contributed by atoms with E-state index in [2.05, 4.69) is 44.2 Å². The van der Waals surface area contributed by atoms with E-state index in [0.717, 1.165) is 51.4 Å². The standard InChI is InChI=1S/C41H76NO8P/c1-3-5-7-9-11-13-15-17-19-21-23-25-27-29-31-33-40(43)47-37-39(38-49-51(45,46)48-36-35-42)50-41(44)34-32-30-28-26-24-22-20-18-16-14-12-10-8-6-4-2/h11,13,17,19,28,30,39H,3-10,12,14-16,18,20-27,29,31-38,42H2,1-2H3,(H,45,46)/b13-11+,19-17+,30-28+/t39-/m1/s1. The zero-order valence-electron chi connectivity index (χ0n) is 32.6. The quantitative estimate of drug-likeness (QED) is 0.0274. The predicted octanol–water partition coefficient (Wildman–Crippen LogP) is 11.4. The number of nitrogens with two attached hydrogens (primary N) is 1. The van der Waals surface area contributed by atoms with Crippen LogP contribution < -0.4 is 5.73 Å². The normalized spacial score (nSPS) is 13.7. The van der Waals surface area contributed by atoms with E-state index in [-0.39, 0.29) is 32.6 Å². The minimum absolute atomic E-state index is 0.0465. The van der Waals surface area contributed by atoms with E-state index in [4.69, 9.17) is 24.3 Å². The molecule has 0 aliphatic rings. The number of carbonyl (C=O) groups is 2. The fourth-order valence-electron chi connectivity index (χ4n) is 5.45. The van der Waals surface area contributed by atoms with Gasteiger partial charge in [-0.2, -0.15) is 0 Å². The lowest BCUT2D eigenvalue weighted by atomic mass is 10.1. The number of phosphoric ester groups is 1. The Morgan fingerprint density at radius 3 is 1.63 bits per heavy atom. The second-order valence-electron chi connectivity index (χ2n) is 13.5. The topological polar surface area (TPSA) is 134 Å². The number of ether oxygens (including phenoxy) is 2. The Kier molecular flexibility index (Phi) is 36.7. The summed E-state index contributed by atoms with van der Waals surface area (Å²) in [4.78, 5) is 34.7. The third-order valence-electron chi connectivity index (χ3n) is 8.51. The molecular formula is C41H76NO8P. The van der Waals surface area contributed by atoms with Crippen molar-refractivity contribution in [1.29, 1.82) is 0 Å². The number of esters is 2. The van der Waals surface area contributed by atoms with Gasteiger partial charge in [0.05, 0.1) is 13.2 Å². The van der Waals surface area contributed by atoms with Crippen LogP contribution in [0, 0.1) is 0 Å². The highest BCUT2D eigenvalue weighted by atomic mass is 31.2. The first kappa shape index (κ1) is 49.2. The van der Waals surface area contributed by atoms with Gasteiger partial charge in [0.2, 0.25) is 0 Å². The molecule has 0 aliphatic heterocycles. The number of carbonyl (C=O) groups excluding carboxylic acids is 2. The van der Waals surface area contributed by atoms with E-state index in [0.29, 0.717) is 12.8 Å². The van der Waals surface area contributed by atoms with Crippen molar-refractivity contribution < 1.29 is 37.6 Å². The van der Waals surface area contributed by atoms with Gasteiger partial charge in [-0.15, -0.1) is 0 Å². The summed E-state index contributed by atoms with van der Waals surface area (Å²) in [6, 6.07) is 0. The lowest BCUT2D eigenvalue weighted by molar-refractivity contribution is -0.161. The van der Waals surface area contributed by atoms with Crippen LogP contribution in [0.15, 0.2) is 36.5 Å². The number of hydrogen-bond donors (Lipinski definition) is 2. The minimum Gasteiger partial charge on any atom is -0.462 e. The van der Waals surface area contributed by atoms with Gasteiger partial charge in [0, 0.05) is 19.4 Å². The summed E-state index contributed by atoms with van der Waals surface area (Å²) in [6.45, 7) is 3.64. The van der Waals surface area contributed by atoms with Crippen molar-refractivity contribution in [2.75, 3.05) is 26.4 Å². The molecule has 0 aliphatic carbocycles. The highest BCUT2D eigenvalue weighted by Crippen LogP contribution is 2.43. The fourth-order valence-corrected chi connectivity index (χ4v) is 6.21. The van der Waals surface area contributed by atoms with Crippen molar-refractivity contribution in [3.8, 4) is 0 Å². The first-order chi connectivity index (χ1) is 24.8. The molecule has 0 spiro atoms. The number of phosphoric acid groups is 1. The van der Waals surface area contributed by atoms with Gasteiger partial charge in [-0.25, -0.2) is 4.57 Å². The van der Waals surface area contributed by atoms with E-state index in [1.165, 1.54) is 89.9 Å². The number of rotatable bonds is 38. The van der Waals surface area contributed by atoms with Crippen LogP contribution in [0.3, 0.4) is 0 Å². The van der Waals surface area contributed by atoms with Gasteiger partial charge in [-0.1, -0.05) is 147 Å². The molecule has 51 heavy (non-hydrogen) atoms. The Hall–Kier alpha value is -1.77. The molecule has 298 valence electrons. The van der Waals surface area contributed by atoms with Crippen molar-refractivity contribution in [2.45, 2.75) is 187 Å². The van der Waals surface area contributed by atoms with Crippen molar-refractivity contribution in [2.24, 2.45) is 5.73 Å². The first-order valence-electron chi connectivity index (χ1n) is 20.5. The number of hydrogen-bond acceptors (Lipinski definition) is 8. The molecule has 0 radical (unpaired) electrons. The summed E-state index contributed by atoms with van der Waals surface area (Å²) >= 11 is 0. The monoisotopic (exact) mass is 742 g/mol. The molecule has 0 heterocycles. The van der Waals surface area contributed by atoms with Crippen molar-refractivity contribution in [3.63, 3.8) is 0 Å². The van der Waals surface area contributed by atoms with Crippen molar-refractivity contribution in [1.82, 2.24) is 0 Å². The zero-order valence-corrected chi connectivity index (χ0v) is 33.5. The first-order valence-corrected chi connectivity index (χ1v) is 22.0. The Morgan fingerprint density at radius 2 is 1.06 bits per heavy atom. The van der Waals surface area contributed by atoms with E-state index >= 15 is 0 Å². The van der Waals surface area contributed by atoms with Gasteiger partial charge in [-0.05, 0) is 57.8 Å². The molecule has 0 bridgehead atoms. The van der Waals surface area contributed by atoms with Gasteiger partial charge >= 0.3 is 19.8 Å². The maximum Gasteiger partial charge on any atom is 0.472 e. The Bertz CT molecular complexity index is 939. The summed E-state index contributed by atoms with van der Waals surface area (Å²) in [6.07, 6.45) is 40.4. The van der Waals surface area contributed by atoms with Crippen LogP contribution in [0.2, 0.25) is 0 Å². The van der Waals surface area contributed by atoms with Crippen LogP contribution >= 0.6 is 7.82 Å². The molecule has 0 aromatic rings. The molecule has 0 fully saturated rings. The van der Waals surface area contributed by atoms with Gasteiger partial charge in [0.1, 0.15) is 6.61 Å². The van der Waals surface area contributed by atoms with E-state index in [1.807, 2.05) is 6.08 Å². The van der Waals surface area contributed by atoms with Gasteiger partial charge in [-0.3, -0.25) is 18.6 Å². The molecule has 0 saturated carbocycles. The average Bonchev–Trinajstić information content (AvgIpc) is 3.11. The van der Waals surface area contributed by atoms with Gasteiger partial charge < -0.3 is 20.1 Å². The Balaban J connectivity index is 4.25. The summed E-state index contributed by atoms with van der Waals surface area (Å²) in [5.41, 5.74) is 5.33. The van der Waals surface area contributed by atoms with Crippen molar-refractivity contribution >= 4 is 19.8 Å². The predicted molar refractivity (Wildman–Crippen MR) is 210 cm³/mol. The molecule has 9 nitrogen and oxygen atoms in total.